The van der Waals surface area contributed by atoms with Gasteiger partial charge in [-0.05, 0) is 57.7 Å². The number of aliphatic hydroxyl groups excluding tert-OH is 1. The zero-order chi connectivity index (χ0) is 13.5. The molecule has 1 aliphatic rings. The van der Waals surface area contributed by atoms with Crippen molar-refractivity contribution in [3.63, 3.8) is 0 Å². The molecule has 2 nitrogen and oxygen atoms in total. The number of unbranched alkanes of at least 4 members (excludes halogenated alkanes) is 1. The Bertz CT molecular complexity index is 352. The molecule has 1 aliphatic heterocycles. The molecule has 2 atom stereocenters. The summed E-state index contributed by atoms with van der Waals surface area (Å²) in [4.78, 5) is 2.40. The number of aliphatic hydroxyl groups is 1. The fourth-order valence-corrected chi connectivity index (χ4v) is 3.06. The molecule has 1 fully saturated rings. The average molecular weight is 261 g/mol. The molecule has 106 valence electrons. The molecule has 1 saturated heterocycles. The molecule has 1 aromatic carbocycles. The predicted octanol–water partition coefficient (Wildman–Crippen LogP) is 3.24. The van der Waals surface area contributed by atoms with Crippen molar-refractivity contribution in [2.24, 2.45) is 0 Å². The molecule has 0 bridgehead atoms. The Morgan fingerprint density at radius 3 is 2.74 bits per heavy atom. The van der Waals surface area contributed by atoms with Gasteiger partial charge in [0.1, 0.15) is 0 Å². The Labute approximate surface area is 117 Å². The number of hydrogen-bond donors (Lipinski definition) is 1. The van der Waals surface area contributed by atoms with Gasteiger partial charge in [-0.25, -0.2) is 0 Å². The molecule has 2 unspecified atom stereocenters. The Morgan fingerprint density at radius 2 is 2.05 bits per heavy atom. The summed E-state index contributed by atoms with van der Waals surface area (Å²) in [5.41, 5.74) is 1.41. The van der Waals surface area contributed by atoms with Crippen LogP contribution in [0.4, 0.5) is 0 Å². The summed E-state index contributed by atoms with van der Waals surface area (Å²) in [5, 5.41) is 10.1. The lowest BCUT2D eigenvalue weighted by Gasteiger charge is -2.22. The number of hydrogen-bond acceptors (Lipinski definition) is 2. The van der Waals surface area contributed by atoms with Gasteiger partial charge >= 0.3 is 0 Å². The van der Waals surface area contributed by atoms with Crippen molar-refractivity contribution in [1.29, 1.82) is 0 Å². The van der Waals surface area contributed by atoms with E-state index in [0.29, 0.717) is 6.04 Å². The first kappa shape index (κ1) is 14.5. The van der Waals surface area contributed by atoms with Crippen LogP contribution >= 0.6 is 0 Å². The number of aryl methyl sites for hydroxylation is 1. The van der Waals surface area contributed by atoms with Crippen LogP contribution < -0.4 is 0 Å². The van der Waals surface area contributed by atoms with Crippen LogP contribution in [0.5, 0.6) is 0 Å². The maximum absolute atomic E-state index is 10.1. The standard InChI is InChI=1S/C17H27NO/c1-18-13-7-11-16(18)14-17(19)12-6-5-10-15-8-3-2-4-9-15/h2-4,8-9,16-17,19H,5-7,10-14H2,1H3. The first-order valence-electron chi connectivity index (χ1n) is 7.68. The Morgan fingerprint density at radius 1 is 1.26 bits per heavy atom. The van der Waals surface area contributed by atoms with Gasteiger partial charge in [0.2, 0.25) is 0 Å². The van der Waals surface area contributed by atoms with Gasteiger partial charge in [0.05, 0.1) is 6.10 Å². The Kier molecular flexibility index (Phi) is 5.87. The van der Waals surface area contributed by atoms with Gasteiger partial charge in [0.15, 0.2) is 0 Å². The highest BCUT2D eigenvalue weighted by molar-refractivity contribution is 5.14. The lowest BCUT2D eigenvalue weighted by molar-refractivity contribution is 0.118. The predicted molar refractivity (Wildman–Crippen MR) is 80.3 cm³/mol. The Balaban J connectivity index is 1.57. The highest BCUT2D eigenvalue weighted by Gasteiger charge is 2.23. The molecule has 1 heterocycles. The van der Waals surface area contributed by atoms with Gasteiger partial charge in [-0.15, -0.1) is 0 Å². The van der Waals surface area contributed by atoms with Crippen LogP contribution in [0.25, 0.3) is 0 Å². The zero-order valence-corrected chi connectivity index (χ0v) is 12.1. The second-order valence-corrected chi connectivity index (χ2v) is 5.90. The normalized spacial score (nSPS) is 21.7. The third-order valence-corrected chi connectivity index (χ3v) is 4.31. The van der Waals surface area contributed by atoms with E-state index in [1.807, 2.05) is 0 Å². The number of benzene rings is 1. The van der Waals surface area contributed by atoms with Gasteiger partial charge in [-0.1, -0.05) is 36.8 Å². The first-order valence-corrected chi connectivity index (χ1v) is 7.68. The molecule has 0 aromatic heterocycles. The van der Waals surface area contributed by atoms with Crippen LogP contribution in [0.15, 0.2) is 30.3 Å². The molecule has 0 amide bonds. The van der Waals surface area contributed by atoms with E-state index in [9.17, 15) is 5.11 Å². The van der Waals surface area contributed by atoms with E-state index >= 15 is 0 Å². The smallest absolute Gasteiger partial charge is 0.0555 e. The quantitative estimate of drug-likeness (QED) is 0.762. The van der Waals surface area contributed by atoms with E-state index in [-0.39, 0.29) is 6.10 Å². The van der Waals surface area contributed by atoms with Crippen LogP contribution in [0.3, 0.4) is 0 Å². The molecular formula is C17H27NO. The second-order valence-electron chi connectivity index (χ2n) is 5.90. The average Bonchev–Trinajstić information content (AvgIpc) is 2.82. The van der Waals surface area contributed by atoms with Crippen LogP contribution in [-0.4, -0.2) is 35.7 Å². The van der Waals surface area contributed by atoms with Gasteiger partial charge in [-0.2, -0.15) is 0 Å². The fraction of sp³-hybridized carbons (Fsp3) is 0.647. The summed E-state index contributed by atoms with van der Waals surface area (Å²) in [7, 11) is 2.18. The summed E-state index contributed by atoms with van der Waals surface area (Å²) in [5.74, 6) is 0. The number of nitrogens with zero attached hydrogens (tertiary/aromatic N) is 1. The minimum absolute atomic E-state index is 0.110. The van der Waals surface area contributed by atoms with Gasteiger partial charge in [-0.3, -0.25) is 0 Å². The maximum atomic E-state index is 10.1. The number of rotatable bonds is 7. The summed E-state index contributed by atoms with van der Waals surface area (Å²) < 4.78 is 0. The van der Waals surface area contributed by atoms with Crippen LogP contribution in [0, 0.1) is 0 Å². The summed E-state index contributed by atoms with van der Waals surface area (Å²) >= 11 is 0. The molecule has 1 N–H and O–H groups in total. The topological polar surface area (TPSA) is 23.5 Å². The number of likely N-dealkylation sites (tertiary alicyclic amines) is 1. The fourth-order valence-electron chi connectivity index (χ4n) is 3.06. The van der Waals surface area contributed by atoms with E-state index in [2.05, 4.69) is 42.3 Å². The highest BCUT2D eigenvalue weighted by Crippen LogP contribution is 2.21. The minimum atomic E-state index is -0.110. The SMILES string of the molecule is CN1CCCC1CC(O)CCCCc1ccccc1. The lowest BCUT2D eigenvalue weighted by Crippen LogP contribution is -2.29. The van der Waals surface area contributed by atoms with Crippen molar-refractivity contribution in [1.82, 2.24) is 4.90 Å². The maximum Gasteiger partial charge on any atom is 0.0555 e. The summed E-state index contributed by atoms with van der Waals surface area (Å²) in [6, 6.07) is 11.2. The molecule has 0 spiro atoms. The monoisotopic (exact) mass is 261 g/mol. The van der Waals surface area contributed by atoms with E-state index < -0.39 is 0 Å². The summed E-state index contributed by atoms with van der Waals surface area (Å²) in [6.07, 6.45) is 7.81. The molecule has 19 heavy (non-hydrogen) atoms. The molecular weight excluding hydrogens is 234 g/mol. The molecule has 0 saturated carbocycles. The largest absolute Gasteiger partial charge is 0.393 e. The first-order chi connectivity index (χ1) is 9.25. The van der Waals surface area contributed by atoms with E-state index in [1.165, 1.54) is 31.4 Å². The van der Waals surface area contributed by atoms with Crippen LogP contribution in [-0.2, 0) is 6.42 Å². The zero-order valence-electron chi connectivity index (χ0n) is 12.1. The van der Waals surface area contributed by atoms with Crippen LogP contribution in [0.2, 0.25) is 0 Å². The third kappa shape index (κ3) is 4.96. The van der Waals surface area contributed by atoms with Crippen LogP contribution in [0.1, 0.15) is 44.1 Å². The molecule has 0 aliphatic carbocycles. The van der Waals surface area contributed by atoms with Gasteiger partial charge in [0.25, 0.3) is 0 Å². The lowest BCUT2D eigenvalue weighted by atomic mass is 10.0. The second kappa shape index (κ2) is 7.66. The highest BCUT2D eigenvalue weighted by atomic mass is 16.3. The Hall–Kier alpha value is -0.860. The molecule has 2 heteroatoms. The van der Waals surface area contributed by atoms with Gasteiger partial charge in [0, 0.05) is 6.04 Å². The van der Waals surface area contributed by atoms with Crippen molar-refractivity contribution in [2.75, 3.05) is 13.6 Å². The molecule has 1 aromatic rings. The van der Waals surface area contributed by atoms with Crippen molar-refractivity contribution in [3.8, 4) is 0 Å². The van der Waals surface area contributed by atoms with E-state index in [1.54, 1.807) is 0 Å². The van der Waals surface area contributed by atoms with Crippen molar-refractivity contribution in [2.45, 2.75) is 57.1 Å². The summed E-state index contributed by atoms with van der Waals surface area (Å²) in [6.45, 7) is 1.20. The molecule has 0 radical (unpaired) electrons. The minimum Gasteiger partial charge on any atom is -0.393 e. The van der Waals surface area contributed by atoms with Gasteiger partial charge < -0.3 is 10.0 Å². The molecule has 2 rings (SSSR count). The van der Waals surface area contributed by atoms with Crippen molar-refractivity contribution < 1.29 is 5.11 Å². The van der Waals surface area contributed by atoms with E-state index in [4.69, 9.17) is 0 Å². The van der Waals surface area contributed by atoms with E-state index in [0.717, 1.165) is 25.7 Å². The van der Waals surface area contributed by atoms with Crippen molar-refractivity contribution in [3.05, 3.63) is 35.9 Å². The third-order valence-electron chi connectivity index (χ3n) is 4.31. The van der Waals surface area contributed by atoms with Crippen molar-refractivity contribution >= 4 is 0 Å².